The van der Waals surface area contributed by atoms with Crippen molar-refractivity contribution in [2.75, 3.05) is 0 Å². The molecule has 1 saturated carbocycles. The number of halogens is 3. The van der Waals surface area contributed by atoms with Gasteiger partial charge in [0.2, 0.25) is 0 Å². The second-order valence-corrected chi connectivity index (χ2v) is 4.89. The number of alkyl halides is 3. The highest BCUT2D eigenvalue weighted by Gasteiger charge is 2.39. The zero-order valence-electron chi connectivity index (χ0n) is 10.6. The van der Waals surface area contributed by atoms with Crippen LogP contribution < -0.4 is 0 Å². The van der Waals surface area contributed by atoms with Gasteiger partial charge < -0.3 is 9.63 Å². The minimum atomic E-state index is -4.59. The maximum absolute atomic E-state index is 13.0. The summed E-state index contributed by atoms with van der Waals surface area (Å²) in [5, 5.41) is 12.9. The van der Waals surface area contributed by atoms with Gasteiger partial charge in [0.25, 0.3) is 0 Å². The van der Waals surface area contributed by atoms with Crippen LogP contribution in [0.4, 0.5) is 13.2 Å². The highest BCUT2D eigenvalue weighted by atomic mass is 19.4. The zero-order chi connectivity index (χ0) is 15.2. The maximum Gasteiger partial charge on any atom is 0.417 e. The van der Waals surface area contributed by atoms with Crippen LogP contribution in [0.1, 0.15) is 40.4 Å². The highest BCUT2D eigenvalue weighted by molar-refractivity contribution is 5.96. The smallest absolute Gasteiger partial charge is 0.417 e. The minimum Gasteiger partial charge on any atom is -0.477 e. The quantitative estimate of drug-likeness (QED) is 0.932. The number of benzene rings is 1. The van der Waals surface area contributed by atoms with Gasteiger partial charge in [-0.15, -0.1) is 0 Å². The molecule has 0 bridgehead atoms. The SMILES string of the molecule is O=C(O)c1c(-c2ccccc2C(F)(F)F)noc1C1CC1. The van der Waals surface area contributed by atoms with E-state index in [1.54, 1.807) is 0 Å². The predicted octanol–water partition coefficient (Wildman–Crippen LogP) is 3.94. The van der Waals surface area contributed by atoms with Crippen LogP contribution in [0.2, 0.25) is 0 Å². The number of carboxylic acid groups (broad SMARTS) is 1. The first-order chi connectivity index (χ1) is 9.89. The fraction of sp³-hybridized carbons (Fsp3) is 0.286. The van der Waals surface area contributed by atoms with Gasteiger partial charge in [-0.05, 0) is 18.9 Å². The van der Waals surface area contributed by atoms with E-state index in [-0.39, 0.29) is 28.5 Å². The number of carboxylic acids is 1. The molecule has 7 heteroatoms. The maximum atomic E-state index is 13.0. The molecule has 1 aliphatic rings. The van der Waals surface area contributed by atoms with Crippen molar-refractivity contribution >= 4 is 5.97 Å². The van der Waals surface area contributed by atoms with Crippen molar-refractivity contribution in [2.24, 2.45) is 0 Å². The molecule has 0 radical (unpaired) electrons. The number of aromatic nitrogens is 1. The number of rotatable bonds is 3. The van der Waals surface area contributed by atoms with Gasteiger partial charge >= 0.3 is 12.1 Å². The summed E-state index contributed by atoms with van der Waals surface area (Å²) in [6.45, 7) is 0. The Morgan fingerprint density at radius 2 is 1.95 bits per heavy atom. The molecule has 0 unspecified atom stereocenters. The Bertz CT molecular complexity index is 702. The Morgan fingerprint density at radius 3 is 2.52 bits per heavy atom. The van der Waals surface area contributed by atoms with Gasteiger partial charge in [0.15, 0.2) is 5.76 Å². The molecular weight excluding hydrogens is 287 g/mol. The Hall–Kier alpha value is -2.31. The molecule has 0 spiro atoms. The Balaban J connectivity index is 2.20. The predicted molar refractivity (Wildman–Crippen MR) is 65.9 cm³/mol. The van der Waals surface area contributed by atoms with Crippen LogP contribution in [0.5, 0.6) is 0 Å². The van der Waals surface area contributed by atoms with Crippen molar-refractivity contribution in [2.45, 2.75) is 24.9 Å². The summed E-state index contributed by atoms with van der Waals surface area (Å²) in [7, 11) is 0. The number of hydrogen-bond donors (Lipinski definition) is 1. The van der Waals surface area contributed by atoms with E-state index in [9.17, 15) is 23.1 Å². The fourth-order valence-corrected chi connectivity index (χ4v) is 2.25. The van der Waals surface area contributed by atoms with Gasteiger partial charge in [-0.2, -0.15) is 13.2 Å². The normalized spacial score (nSPS) is 15.2. The molecule has 1 fully saturated rings. The second kappa shape index (κ2) is 4.61. The summed E-state index contributed by atoms with van der Waals surface area (Å²) >= 11 is 0. The van der Waals surface area contributed by atoms with Gasteiger partial charge in [0.1, 0.15) is 11.3 Å². The van der Waals surface area contributed by atoms with E-state index in [0.717, 1.165) is 18.9 Å². The summed E-state index contributed by atoms with van der Waals surface area (Å²) < 4.78 is 44.1. The van der Waals surface area contributed by atoms with Gasteiger partial charge in [0.05, 0.1) is 5.56 Å². The monoisotopic (exact) mass is 297 g/mol. The van der Waals surface area contributed by atoms with Crippen molar-refractivity contribution in [1.82, 2.24) is 5.16 Å². The van der Waals surface area contributed by atoms with E-state index in [1.165, 1.54) is 18.2 Å². The average Bonchev–Trinajstić information content (AvgIpc) is 3.16. The number of hydrogen-bond acceptors (Lipinski definition) is 3. The molecule has 3 rings (SSSR count). The van der Waals surface area contributed by atoms with Gasteiger partial charge in [-0.3, -0.25) is 0 Å². The van der Waals surface area contributed by atoms with Gasteiger partial charge in [0, 0.05) is 11.5 Å². The van der Waals surface area contributed by atoms with E-state index in [4.69, 9.17) is 4.52 Å². The van der Waals surface area contributed by atoms with Crippen LogP contribution >= 0.6 is 0 Å². The Morgan fingerprint density at radius 1 is 1.29 bits per heavy atom. The van der Waals surface area contributed by atoms with E-state index < -0.39 is 17.7 Å². The first-order valence-corrected chi connectivity index (χ1v) is 6.29. The summed E-state index contributed by atoms with van der Waals surface area (Å²) in [6.07, 6.45) is -3.07. The van der Waals surface area contributed by atoms with Crippen LogP contribution in [-0.2, 0) is 6.18 Å². The molecule has 4 nitrogen and oxygen atoms in total. The molecule has 110 valence electrons. The van der Waals surface area contributed by atoms with Crippen molar-refractivity contribution < 1.29 is 27.6 Å². The molecule has 1 aliphatic carbocycles. The van der Waals surface area contributed by atoms with E-state index in [2.05, 4.69) is 5.16 Å². The molecule has 2 aromatic rings. The summed E-state index contributed by atoms with van der Waals surface area (Å²) in [4.78, 5) is 11.4. The lowest BCUT2D eigenvalue weighted by Crippen LogP contribution is -2.09. The lowest BCUT2D eigenvalue weighted by atomic mass is 9.99. The molecule has 0 amide bonds. The van der Waals surface area contributed by atoms with Crippen molar-refractivity contribution in [3.05, 3.63) is 41.2 Å². The molecule has 1 aromatic carbocycles. The van der Waals surface area contributed by atoms with Crippen LogP contribution in [0, 0.1) is 0 Å². The Labute approximate surface area is 117 Å². The number of nitrogens with zero attached hydrogens (tertiary/aromatic N) is 1. The molecule has 1 N–H and O–H groups in total. The first kappa shape index (κ1) is 13.7. The second-order valence-electron chi connectivity index (χ2n) is 4.89. The van der Waals surface area contributed by atoms with E-state index >= 15 is 0 Å². The van der Waals surface area contributed by atoms with Gasteiger partial charge in [-0.1, -0.05) is 23.4 Å². The van der Waals surface area contributed by atoms with Gasteiger partial charge in [-0.25, -0.2) is 4.79 Å². The zero-order valence-corrected chi connectivity index (χ0v) is 10.6. The third-order valence-corrected chi connectivity index (χ3v) is 3.37. The minimum absolute atomic E-state index is 0.0598. The Kier molecular flexibility index (Phi) is 3.00. The summed E-state index contributed by atoms with van der Waals surface area (Å²) in [6, 6.07) is 4.74. The lowest BCUT2D eigenvalue weighted by Gasteiger charge is -2.11. The van der Waals surface area contributed by atoms with E-state index in [0.29, 0.717) is 0 Å². The fourth-order valence-electron chi connectivity index (χ4n) is 2.25. The molecule has 21 heavy (non-hydrogen) atoms. The van der Waals surface area contributed by atoms with Crippen LogP contribution in [-0.4, -0.2) is 16.2 Å². The average molecular weight is 297 g/mol. The van der Waals surface area contributed by atoms with Crippen LogP contribution in [0.25, 0.3) is 11.3 Å². The highest BCUT2D eigenvalue weighted by Crippen LogP contribution is 2.45. The van der Waals surface area contributed by atoms with Crippen LogP contribution in [0.15, 0.2) is 28.8 Å². The molecule has 1 heterocycles. The topological polar surface area (TPSA) is 63.3 Å². The third-order valence-electron chi connectivity index (χ3n) is 3.37. The summed E-state index contributed by atoms with van der Waals surface area (Å²) in [5.74, 6) is -1.23. The molecule has 1 aromatic heterocycles. The molecule has 0 saturated heterocycles. The van der Waals surface area contributed by atoms with Crippen molar-refractivity contribution in [3.8, 4) is 11.3 Å². The number of aromatic carboxylic acids is 1. The lowest BCUT2D eigenvalue weighted by molar-refractivity contribution is -0.137. The van der Waals surface area contributed by atoms with Crippen molar-refractivity contribution in [3.63, 3.8) is 0 Å². The molecule has 0 atom stereocenters. The standard InChI is InChI=1S/C14H10F3NO3/c15-14(16,17)9-4-2-1-3-8(9)11-10(13(19)20)12(21-18-11)7-5-6-7/h1-4,7H,5-6H2,(H,19,20). The number of carbonyl (C=O) groups is 1. The first-order valence-electron chi connectivity index (χ1n) is 6.29. The van der Waals surface area contributed by atoms with E-state index in [1.807, 2.05) is 0 Å². The molecular formula is C14H10F3NO3. The largest absolute Gasteiger partial charge is 0.477 e. The van der Waals surface area contributed by atoms with Crippen LogP contribution in [0.3, 0.4) is 0 Å². The summed E-state index contributed by atoms with van der Waals surface area (Å²) in [5.41, 5.74) is -1.74. The molecule has 0 aliphatic heterocycles. The van der Waals surface area contributed by atoms with Crippen molar-refractivity contribution in [1.29, 1.82) is 0 Å². The third kappa shape index (κ3) is 2.39.